The molecule has 1 aromatic rings. The van der Waals surface area contributed by atoms with Crippen LogP contribution in [-0.4, -0.2) is 63.3 Å². The quantitative estimate of drug-likeness (QED) is 0.633. The SMILES string of the molecule is COc1ccc(C=O)cc1OCC(=O)N(CC(C)C)[C@@H]1CCS(=O)(=O)C1. The van der Waals surface area contributed by atoms with Crippen molar-refractivity contribution < 1.29 is 27.5 Å². The van der Waals surface area contributed by atoms with Gasteiger partial charge in [-0.25, -0.2) is 8.42 Å². The van der Waals surface area contributed by atoms with E-state index in [4.69, 9.17) is 9.47 Å². The van der Waals surface area contributed by atoms with E-state index in [-0.39, 0.29) is 36.0 Å². The predicted molar refractivity (Wildman–Crippen MR) is 97.5 cm³/mol. The summed E-state index contributed by atoms with van der Waals surface area (Å²) in [6.07, 6.45) is 1.13. The molecule has 1 heterocycles. The van der Waals surface area contributed by atoms with Crippen LogP contribution in [0.2, 0.25) is 0 Å². The number of benzene rings is 1. The number of ether oxygens (including phenoxy) is 2. The van der Waals surface area contributed by atoms with Crippen molar-refractivity contribution in [2.75, 3.05) is 31.8 Å². The van der Waals surface area contributed by atoms with Crippen LogP contribution in [0.15, 0.2) is 18.2 Å². The van der Waals surface area contributed by atoms with Crippen LogP contribution in [0.5, 0.6) is 11.5 Å². The number of methoxy groups -OCH3 is 1. The second-order valence-corrected chi connectivity index (χ2v) is 9.04. The Morgan fingerprint density at radius 1 is 1.35 bits per heavy atom. The van der Waals surface area contributed by atoms with Gasteiger partial charge in [0.1, 0.15) is 6.29 Å². The molecule has 0 spiro atoms. The second-order valence-electron chi connectivity index (χ2n) is 6.81. The molecule has 1 aliphatic heterocycles. The third-order valence-corrected chi connectivity index (χ3v) is 5.96. The summed E-state index contributed by atoms with van der Waals surface area (Å²) in [5.74, 6) is 0.746. The highest BCUT2D eigenvalue weighted by Gasteiger charge is 2.35. The Morgan fingerprint density at radius 2 is 2.08 bits per heavy atom. The molecule has 0 radical (unpaired) electrons. The minimum Gasteiger partial charge on any atom is -0.493 e. The van der Waals surface area contributed by atoms with Gasteiger partial charge in [0.05, 0.1) is 18.6 Å². The molecule has 144 valence electrons. The zero-order valence-corrected chi connectivity index (χ0v) is 16.1. The number of carbonyl (C=O) groups excluding carboxylic acids is 2. The monoisotopic (exact) mass is 383 g/mol. The molecule has 0 aliphatic carbocycles. The molecular formula is C18H25NO6S. The number of carbonyl (C=O) groups is 2. The fourth-order valence-corrected chi connectivity index (χ4v) is 4.70. The number of nitrogens with zero attached hydrogens (tertiary/aromatic N) is 1. The van der Waals surface area contributed by atoms with Gasteiger partial charge in [-0.15, -0.1) is 0 Å². The van der Waals surface area contributed by atoms with Crippen LogP contribution in [0.25, 0.3) is 0 Å². The van der Waals surface area contributed by atoms with Crippen LogP contribution < -0.4 is 9.47 Å². The van der Waals surface area contributed by atoms with E-state index >= 15 is 0 Å². The zero-order valence-electron chi connectivity index (χ0n) is 15.3. The van der Waals surface area contributed by atoms with Crippen molar-refractivity contribution >= 4 is 22.0 Å². The molecule has 1 aliphatic rings. The maximum atomic E-state index is 12.7. The van der Waals surface area contributed by atoms with E-state index in [0.717, 1.165) is 0 Å². The first-order valence-corrected chi connectivity index (χ1v) is 10.3. The van der Waals surface area contributed by atoms with Crippen LogP contribution in [-0.2, 0) is 14.6 Å². The summed E-state index contributed by atoms with van der Waals surface area (Å²) in [6, 6.07) is 4.38. The Balaban J connectivity index is 2.11. The highest BCUT2D eigenvalue weighted by atomic mass is 32.2. The summed E-state index contributed by atoms with van der Waals surface area (Å²) in [4.78, 5) is 25.2. The fourth-order valence-electron chi connectivity index (χ4n) is 2.97. The van der Waals surface area contributed by atoms with Crippen molar-refractivity contribution in [2.45, 2.75) is 26.3 Å². The van der Waals surface area contributed by atoms with Gasteiger partial charge in [0.15, 0.2) is 27.9 Å². The number of hydrogen-bond donors (Lipinski definition) is 0. The Bertz CT molecular complexity index is 759. The predicted octanol–water partition coefficient (Wildman–Crippen LogP) is 1.56. The van der Waals surface area contributed by atoms with Crippen LogP contribution in [0.3, 0.4) is 0 Å². The molecule has 1 aromatic carbocycles. The van der Waals surface area contributed by atoms with Crippen molar-refractivity contribution in [3.63, 3.8) is 0 Å². The van der Waals surface area contributed by atoms with Crippen molar-refractivity contribution in [1.29, 1.82) is 0 Å². The molecular weight excluding hydrogens is 358 g/mol. The molecule has 8 heteroatoms. The zero-order chi connectivity index (χ0) is 19.3. The molecule has 0 aromatic heterocycles. The van der Waals surface area contributed by atoms with Crippen LogP contribution >= 0.6 is 0 Å². The van der Waals surface area contributed by atoms with E-state index in [1.165, 1.54) is 13.2 Å². The number of hydrogen-bond acceptors (Lipinski definition) is 6. The van der Waals surface area contributed by atoms with Crippen molar-refractivity contribution in [3.8, 4) is 11.5 Å². The third-order valence-electron chi connectivity index (χ3n) is 4.21. The van der Waals surface area contributed by atoms with Gasteiger partial charge in [-0.2, -0.15) is 0 Å². The Labute approximate surface area is 154 Å². The molecule has 1 amide bonds. The maximum absolute atomic E-state index is 12.7. The van der Waals surface area contributed by atoms with Crippen molar-refractivity contribution in [1.82, 2.24) is 4.90 Å². The lowest BCUT2D eigenvalue weighted by atomic mass is 10.1. The van der Waals surface area contributed by atoms with Gasteiger partial charge in [0.25, 0.3) is 5.91 Å². The normalized spacial score (nSPS) is 18.5. The minimum atomic E-state index is -3.09. The maximum Gasteiger partial charge on any atom is 0.260 e. The fraction of sp³-hybridized carbons (Fsp3) is 0.556. The average molecular weight is 383 g/mol. The average Bonchev–Trinajstić information content (AvgIpc) is 2.96. The van der Waals surface area contributed by atoms with Crippen LogP contribution in [0.4, 0.5) is 0 Å². The van der Waals surface area contributed by atoms with Gasteiger partial charge in [-0.1, -0.05) is 13.8 Å². The summed E-state index contributed by atoms with van der Waals surface area (Å²) in [5.41, 5.74) is 0.411. The molecule has 2 rings (SSSR count). The summed E-state index contributed by atoms with van der Waals surface area (Å²) in [6.45, 7) is 4.16. The number of aldehydes is 1. The van der Waals surface area contributed by atoms with Crippen molar-refractivity contribution in [2.24, 2.45) is 5.92 Å². The molecule has 0 unspecified atom stereocenters. The lowest BCUT2D eigenvalue weighted by Gasteiger charge is -2.30. The molecule has 1 fully saturated rings. The second kappa shape index (κ2) is 8.53. The van der Waals surface area contributed by atoms with Gasteiger partial charge in [0, 0.05) is 18.2 Å². The number of amides is 1. The van der Waals surface area contributed by atoms with E-state index in [1.54, 1.807) is 17.0 Å². The molecule has 0 N–H and O–H groups in total. The summed E-state index contributed by atoms with van der Waals surface area (Å²) in [7, 11) is -1.62. The molecule has 0 bridgehead atoms. The number of sulfone groups is 1. The molecule has 26 heavy (non-hydrogen) atoms. The van der Waals surface area contributed by atoms with Crippen LogP contribution in [0.1, 0.15) is 30.6 Å². The van der Waals surface area contributed by atoms with E-state index in [0.29, 0.717) is 36.3 Å². The summed E-state index contributed by atoms with van der Waals surface area (Å²) in [5, 5.41) is 0. The van der Waals surface area contributed by atoms with Gasteiger partial charge in [-0.3, -0.25) is 9.59 Å². The Kier molecular flexibility index (Phi) is 6.63. The van der Waals surface area contributed by atoms with Gasteiger partial charge < -0.3 is 14.4 Å². The lowest BCUT2D eigenvalue weighted by Crippen LogP contribution is -2.45. The third kappa shape index (κ3) is 5.20. The summed E-state index contributed by atoms with van der Waals surface area (Å²) >= 11 is 0. The largest absolute Gasteiger partial charge is 0.493 e. The van der Waals surface area contributed by atoms with E-state index in [9.17, 15) is 18.0 Å². The minimum absolute atomic E-state index is 0.00456. The molecule has 0 saturated carbocycles. The van der Waals surface area contributed by atoms with E-state index < -0.39 is 9.84 Å². The smallest absolute Gasteiger partial charge is 0.260 e. The lowest BCUT2D eigenvalue weighted by molar-refractivity contribution is -0.135. The molecule has 1 saturated heterocycles. The molecule has 7 nitrogen and oxygen atoms in total. The summed E-state index contributed by atoms with van der Waals surface area (Å²) < 4.78 is 34.3. The van der Waals surface area contributed by atoms with Crippen LogP contribution in [0, 0.1) is 5.92 Å². The first-order chi connectivity index (χ1) is 12.3. The van der Waals surface area contributed by atoms with Crippen molar-refractivity contribution in [3.05, 3.63) is 23.8 Å². The van der Waals surface area contributed by atoms with Gasteiger partial charge in [0.2, 0.25) is 0 Å². The first-order valence-electron chi connectivity index (χ1n) is 8.51. The highest BCUT2D eigenvalue weighted by molar-refractivity contribution is 7.91. The van der Waals surface area contributed by atoms with E-state index in [2.05, 4.69) is 0 Å². The Morgan fingerprint density at radius 3 is 2.62 bits per heavy atom. The highest BCUT2D eigenvalue weighted by Crippen LogP contribution is 2.28. The molecule has 1 atom stereocenters. The topological polar surface area (TPSA) is 90.0 Å². The standard InChI is InChI=1S/C18H25NO6S/c1-13(2)9-19(15-6-7-26(22,23)12-15)18(21)11-25-17-8-14(10-20)4-5-16(17)24-3/h4-5,8,10,13,15H,6-7,9,11-12H2,1-3H3/t15-/m1/s1. The Hall–Kier alpha value is -2.09. The van der Waals surface area contributed by atoms with E-state index in [1.807, 2.05) is 13.8 Å². The van der Waals surface area contributed by atoms with Gasteiger partial charge in [-0.05, 0) is 30.5 Å². The first kappa shape index (κ1) is 20.2. The number of rotatable bonds is 8. The van der Waals surface area contributed by atoms with Gasteiger partial charge >= 0.3 is 0 Å².